The second kappa shape index (κ2) is 9.97. The molecule has 0 bridgehead atoms. The van der Waals surface area contributed by atoms with Gasteiger partial charge in [-0.25, -0.2) is 0 Å². The van der Waals surface area contributed by atoms with Crippen molar-refractivity contribution >= 4 is 17.7 Å². The third-order valence-corrected chi connectivity index (χ3v) is 5.00. The smallest absolute Gasteiger partial charge is 0.230 e. The highest BCUT2D eigenvalue weighted by molar-refractivity contribution is 8.00. The SMILES string of the molecule is COc1ccc(SCC(=O)NC(C)c2ccc(OC)c(OC)c2)cc1OC. The topological polar surface area (TPSA) is 66.0 Å². The minimum atomic E-state index is -0.150. The summed E-state index contributed by atoms with van der Waals surface area (Å²) in [5, 5.41) is 2.99. The van der Waals surface area contributed by atoms with Crippen LogP contribution >= 0.6 is 11.8 Å². The maximum atomic E-state index is 12.3. The first-order valence-corrected chi connectivity index (χ1v) is 9.37. The predicted molar refractivity (Wildman–Crippen MR) is 106 cm³/mol. The highest BCUT2D eigenvalue weighted by Gasteiger charge is 2.13. The summed E-state index contributed by atoms with van der Waals surface area (Å²) in [6.07, 6.45) is 0. The number of hydrogen-bond acceptors (Lipinski definition) is 6. The number of carbonyl (C=O) groups excluding carboxylic acids is 1. The number of nitrogens with one attached hydrogen (secondary N) is 1. The molecule has 0 aliphatic rings. The molecule has 7 heteroatoms. The van der Waals surface area contributed by atoms with E-state index >= 15 is 0 Å². The summed E-state index contributed by atoms with van der Waals surface area (Å²) in [5.74, 6) is 2.83. The van der Waals surface area contributed by atoms with Gasteiger partial charge in [0.1, 0.15) is 0 Å². The van der Waals surface area contributed by atoms with Crippen LogP contribution < -0.4 is 24.3 Å². The van der Waals surface area contributed by atoms with Crippen LogP contribution in [0.15, 0.2) is 41.3 Å². The highest BCUT2D eigenvalue weighted by Crippen LogP contribution is 2.32. The van der Waals surface area contributed by atoms with Crippen LogP contribution in [0.4, 0.5) is 0 Å². The molecule has 0 heterocycles. The van der Waals surface area contributed by atoms with E-state index in [1.807, 2.05) is 43.3 Å². The van der Waals surface area contributed by atoms with Gasteiger partial charge in [0.05, 0.1) is 40.2 Å². The first-order valence-electron chi connectivity index (χ1n) is 8.38. The first-order chi connectivity index (χ1) is 13.0. The molecule has 1 unspecified atom stereocenters. The number of methoxy groups -OCH3 is 4. The molecule has 2 rings (SSSR count). The Bertz CT molecular complexity index is 781. The van der Waals surface area contributed by atoms with E-state index in [0.29, 0.717) is 28.8 Å². The molecule has 1 N–H and O–H groups in total. The van der Waals surface area contributed by atoms with Gasteiger partial charge in [-0.1, -0.05) is 6.07 Å². The lowest BCUT2D eigenvalue weighted by Crippen LogP contribution is -2.28. The Kier molecular flexibility index (Phi) is 7.67. The van der Waals surface area contributed by atoms with Crippen molar-refractivity contribution in [1.29, 1.82) is 0 Å². The van der Waals surface area contributed by atoms with Crippen LogP contribution in [0.1, 0.15) is 18.5 Å². The second-order valence-electron chi connectivity index (χ2n) is 5.71. The zero-order chi connectivity index (χ0) is 19.8. The zero-order valence-corrected chi connectivity index (χ0v) is 17.0. The average molecular weight is 391 g/mol. The fraction of sp³-hybridized carbons (Fsp3) is 0.350. The van der Waals surface area contributed by atoms with Crippen LogP contribution in [0.2, 0.25) is 0 Å². The molecule has 2 aromatic carbocycles. The van der Waals surface area contributed by atoms with Crippen molar-refractivity contribution in [3.05, 3.63) is 42.0 Å². The monoisotopic (exact) mass is 391 g/mol. The Morgan fingerprint density at radius 3 is 2.04 bits per heavy atom. The van der Waals surface area contributed by atoms with Gasteiger partial charge in [-0.15, -0.1) is 11.8 Å². The lowest BCUT2D eigenvalue weighted by Gasteiger charge is -2.16. The second-order valence-corrected chi connectivity index (χ2v) is 6.76. The summed E-state index contributed by atoms with van der Waals surface area (Å²) < 4.78 is 21.1. The van der Waals surface area contributed by atoms with Crippen LogP contribution in [-0.4, -0.2) is 40.1 Å². The van der Waals surface area contributed by atoms with Crippen molar-refractivity contribution < 1.29 is 23.7 Å². The molecule has 0 aromatic heterocycles. The summed E-state index contributed by atoms with van der Waals surface area (Å²) in [4.78, 5) is 13.2. The Labute approximate surface area is 164 Å². The zero-order valence-electron chi connectivity index (χ0n) is 16.2. The van der Waals surface area contributed by atoms with E-state index in [4.69, 9.17) is 18.9 Å². The Balaban J connectivity index is 1.95. The Morgan fingerprint density at radius 2 is 1.44 bits per heavy atom. The molecule has 146 valence electrons. The van der Waals surface area contributed by atoms with Gasteiger partial charge in [0.25, 0.3) is 0 Å². The van der Waals surface area contributed by atoms with Crippen LogP contribution in [0.25, 0.3) is 0 Å². The summed E-state index contributed by atoms with van der Waals surface area (Å²) in [5.41, 5.74) is 0.942. The maximum absolute atomic E-state index is 12.3. The predicted octanol–water partition coefficient (Wildman–Crippen LogP) is 3.69. The number of benzene rings is 2. The molecule has 27 heavy (non-hydrogen) atoms. The standard InChI is InChI=1S/C20H25NO5S/c1-13(14-6-8-16(23-2)18(10-14)25-4)21-20(22)12-27-15-7-9-17(24-3)19(11-15)26-5/h6-11,13H,12H2,1-5H3,(H,21,22). The van der Waals surface area contributed by atoms with Crippen molar-refractivity contribution in [1.82, 2.24) is 5.32 Å². The van der Waals surface area contributed by atoms with E-state index in [0.717, 1.165) is 10.5 Å². The lowest BCUT2D eigenvalue weighted by atomic mass is 10.1. The van der Waals surface area contributed by atoms with Crippen molar-refractivity contribution in [3.8, 4) is 23.0 Å². The van der Waals surface area contributed by atoms with Crippen LogP contribution in [-0.2, 0) is 4.79 Å². The van der Waals surface area contributed by atoms with Crippen LogP contribution in [0.5, 0.6) is 23.0 Å². The van der Waals surface area contributed by atoms with Crippen molar-refractivity contribution in [2.24, 2.45) is 0 Å². The maximum Gasteiger partial charge on any atom is 0.230 e. The van der Waals surface area contributed by atoms with Gasteiger partial charge in [-0.2, -0.15) is 0 Å². The molecule has 0 spiro atoms. The minimum Gasteiger partial charge on any atom is -0.493 e. The Hall–Kier alpha value is -2.54. The largest absolute Gasteiger partial charge is 0.493 e. The fourth-order valence-electron chi connectivity index (χ4n) is 2.54. The average Bonchev–Trinajstić information content (AvgIpc) is 2.71. The number of carbonyl (C=O) groups is 1. The first kappa shape index (κ1) is 20.8. The van der Waals surface area contributed by atoms with E-state index in [1.165, 1.54) is 11.8 Å². The van der Waals surface area contributed by atoms with E-state index < -0.39 is 0 Å². The van der Waals surface area contributed by atoms with Crippen molar-refractivity contribution in [2.75, 3.05) is 34.2 Å². The van der Waals surface area contributed by atoms with Gasteiger partial charge in [-0.3, -0.25) is 4.79 Å². The molecule has 2 aromatic rings. The summed E-state index contributed by atoms with van der Waals surface area (Å²) in [6.45, 7) is 1.93. The minimum absolute atomic E-state index is 0.0583. The van der Waals surface area contributed by atoms with Crippen LogP contribution in [0, 0.1) is 0 Å². The van der Waals surface area contributed by atoms with Gasteiger partial charge in [0.2, 0.25) is 5.91 Å². The summed E-state index contributed by atoms with van der Waals surface area (Å²) >= 11 is 1.44. The molecular weight excluding hydrogens is 366 g/mol. The highest BCUT2D eigenvalue weighted by atomic mass is 32.2. The van der Waals surface area contributed by atoms with Gasteiger partial charge >= 0.3 is 0 Å². The van der Waals surface area contributed by atoms with E-state index in [2.05, 4.69) is 5.32 Å². The number of amides is 1. The number of thioether (sulfide) groups is 1. The van der Waals surface area contributed by atoms with Crippen molar-refractivity contribution in [3.63, 3.8) is 0 Å². The molecular formula is C20H25NO5S. The molecule has 0 saturated carbocycles. The van der Waals surface area contributed by atoms with E-state index in [-0.39, 0.29) is 11.9 Å². The summed E-state index contributed by atoms with van der Waals surface area (Å²) in [6, 6.07) is 11.0. The molecule has 6 nitrogen and oxygen atoms in total. The lowest BCUT2D eigenvalue weighted by molar-refractivity contribution is -0.119. The molecule has 1 amide bonds. The third kappa shape index (κ3) is 5.47. The summed E-state index contributed by atoms with van der Waals surface area (Å²) in [7, 11) is 6.36. The molecule has 0 aliphatic carbocycles. The molecule has 0 saturated heterocycles. The third-order valence-electron chi connectivity index (χ3n) is 4.01. The molecule has 0 fully saturated rings. The molecule has 0 radical (unpaired) electrons. The molecule has 0 aliphatic heterocycles. The van der Waals surface area contributed by atoms with Gasteiger partial charge in [0, 0.05) is 4.90 Å². The fourth-order valence-corrected chi connectivity index (χ4v) is 3.28. The number of hydrogen-bond donors (Lipinski definition) is 1. The van der Waals surface area contributed by atoms with E-state index in [1.54, 1.807) is 28.4 Å². The van der Waals surface area contributed by atoms with Gasteiger partial charge in [-0.05, 0) is 42.8 Å². The molecule has 1 atom stereocenters. The van der Waals surface area contributed by atoms with Gasteiger partial charge < -0.3 is 24.3 Å². The number of rotatable bonds is 9. The quantitative estimate of drug-likeness (QED) is 0.658. The normalized spacial score (nSPS) is 11.4. The van der Waals surface area contributed by atoms with Crippen LogP contribution in [0.3, 0.4) is 0 Å². The van der Waals surface area contributed by atoms with E-state index in [9.17, 15) is 4.79 Å². The number of ether oxygens (including phenoxy) is 4. The van der Waals surface area contributed by atoms with Crippen molar-refractivity contribution in [2.45, 2.75) is 17.9 Å². The van der Waals surface area contributed by atoms with Gasteiger partial charge in [0.15, 0.2) is 23.0 Å². The Morgan fingerprint density at radius 1 is 0.889 bits per heavy atom.